The first-order chi connectivity index (χ1) is 22.5. The van der Waals surface area contributed by atoms with Crippen LogP contribution in [0.2, 0.25) is 0 Å². The van der Waals surface area contributed by atoms with Crippen molar-refractivity contribution in [2.45, 2.75) is 26.2 Å². The highest BCUT2D eigenvalue weighted by atomic mass is 31.1. The summed E-state index contributed by atoms with van der Waals surface area (Å²) in [5.41, 5.74) is 3.01. The third kappa shape index (κ3) is 7.67. The number of aromatic nitrogens is 2. The largest absolute Gasteiger partial charge is 0.494 e. The van der Waals surface area contributed by atoms with E-state index in [4.69, 9.17) is 18.9 Å². The summed E-state index contributed by atoms with van der Waals surface area (Å²) in [6.07, 6.45) is 1.61. The van der Waals surface area contributed by atoms with Crippen LogP contribution in [-0.2, 0) is 5.41 Å². The zero-order chi connectivity index (χ0) is 33.7. The predicted molar refractivity (Wildman–Crippen MR) is 192 cm³/mol. The zero-order valence-corrected chi connectivity index (χ0v) is 28.8. The van der Waals surface area contributed by atoms with E-state index in [1.165, 1.54) is 0 Å². The summed E-state index contributed by atoms with van der Waals surface area (Å²) in [4.78, 5) is 22.3. The summed E-state index contributed by atoms with van der Waals surface area (Å²) in [5, 5.41) is 11.9. The van der Waals surface area contributed by atoms with E-state index >= 15 is 0 Å². The Morgan fingerprint density at radius 1 is 0.766 bits per heavy atom. The van der Waals surface area contributed by atoms with Gasteiger partial charge in [0.1, 0.15) is 11.5 Å². The van der Waals surface area contributed by atoms with Gasteiger partial charge in [-0.3, -0.25) is 0 Å². The molecule has 10 nitrogen and oxygen atoms in total. The Labute approximate surface area is 276 Å². The van der Waals surface area contributed by atoms with Gasteiger partial charge in [0.05, 0.1) is 32.7 Å². The van der Waals surface area contributed by atoms with Crippen molar-refractivity contribution in [3.8, 4) is 28.9 Å². The normalized spacial score (nSPS) is 11.3. The maximum atomic E-state index is 13.4. The van der Waals surface area contributed by atoms with E-state index in [0.29, 0.717) is 46.2 Å². The van der Waals surface area contributed by atoms with Crippen LogP contribution in [0.25, 0.3) is 10.8 Å². The van der Waals surface area contributed by atoms with E-state index in [-0.39, 0.29) is 11.4 Å². The quantitative estimate of drug-likeness (QED) is 0.129. The van der Waals surface area contributed by atoms with E-state index in [0.717, 1.165) is 27.3 Å². The summed E-state index contributed by atoms with van der Waals surface area (Å²) >= 11 is 0. The number of amides is 2. The molecule has 0 atom stereocenters. The minimum Gasteiger partial charge on any atom is -0.494 e. The van der Waals surface area contributed by atoms with Gasteiger partial charge in [0.2, 0.25) is 11.8 Å². The van der Waals surface area contributed by atoms with E-state index < -0.39 is 7.92 Å². The van der Waals surface area contributed by atoms with Crippen LogP contribution in [0.3, 0.4) is 0 Å². The molecule has 1 aromatic heterocycles. The van der Waals surface area contributed by atoms with E-state index in [2.05, 4.69) is 66.1 Å². The van der Waals surface area contributed by atoms with Crippen LogP contribution in [0.4, 0.5) is 27.8 Å². The number of anilines is 4. The second-order valence-corrected chi connectivity index (χ2v) is 14.2. The van der Waals surface area contributed by atoms with Crippen molar-refractivity contribution in [2.24, 2.45) is 0 Å². The van der Waals surface area contributed by atoms with Gasteiger partial charge in [-0.25, -0.2) is 9.78 Å². The first-order valence-electron chi connectivity index (χ1n) is 15.0. The van der Waals surface area contributed by atoms with Crippen molar-refractivity contribution < 1.29 is 23.7 Å². The van der Waals surface area contributed by atoms with E-state index in [1.54, 1.807) is 45.7 Å². The molecule has 5 aromatic rings. The second-order valence-electron chi connectivity index (χ2n) is 12.0. The number of nitrogens with one attached hydrogen (secondary N) is 3. The van der Waals surface area contributed by atoms with Crippen LogP contribution < -0.4 is 40.2 Å². The lowest BCUT2D eigenvalue weighted by molar-refractivity contribution is 0.262. The monoisotopic (exact) mass is 653 g/mol. The number of hydrogen-bond acceptors (Lipinski definition) is 8. The Kier molecular flexibility index (Phi) is 10.0. The fourth-order valence-electron chi connectivity index (χ4n) is 5.05. The molecule has 0 aliphatic heterocycles. The molecule has 0 aliphatic rings. The molecule has 1 heterocycles. The lowest BCUT2D eigenvalue weighted by Crippen LogP contribution is -2.23. The summed E-state index contributed by atoms with van der Waals surface area (Å²) in [6, 6.07) is 22.2. The van der Waals surface area contributed by atoms with Crippen LogP contribution in [0.5, 0.6) is 28.9 Å². The molecular weight excluding hydrogens is 613 g/mol. The minimum atomic E-state index is -0.476. The molecule has 5 rings (SSSR count). The Hall–Kier alpha value is -5.08. The highest BCUT2D eigenvalue weighted by molar-refractivity contribution is 7.64. The summed E-state index contributed by atoms with van der Waals surface area (Å²) < 4.78 is 22.7. The maximum absolute atomic E-state index is 13.4. The Morgan fingerprint density at radius 2 is 1.47 bits per heavy atom. The van der Waals surface area contributed by atoms with Gasteiger partial charge >= 0.3 is 6.03 Å². The van der Waals surface area contributed by atoms with E-state index in [9.17, 15) is 4.79 Å². The summed E-state index contributed by atoms with van der Waals surface area (Å²) in [5.74, 6) is 3.15. The predicted octanol–water partition coefficient (Wildman–Crippen LogP) is 8.50. The van der Waals surface area contributed by atoms with Crippen molar-refractivity contribution in [2.75, 3.05) is 50.6 Å². The lowest BCUT2D eigenvalue weighted by Gasteiger charge is -2.25. The third-order valence-electron chi connectivity index (χ3n) is 7.49. The lowest BCUT2D eigenvalue weighted by atomic mass is 9.86. The minimum absolute atomic E-state index is 0.102. The first kappa shape index (κ1) is 33.3. The number of rotatable bonds is 10. The maximum Gasteiger partial charge on any atom is 0.323 e. The molecule has 0 saturated heterocycles. The van der Waals surface area contributed by atoms with Crippen molar-refractivity contribution in [3.05, 3.63) is 84.6 Å². The van der Waals surface area contributed by atoms with Gasteiger partial charge in [-0.1, -0.05) is 53.0 Å². The smallest absolute Gasteiger partial charge is 0.323 e. The molecule has 0 bridgehead atoms. The molecule has 3 N–H and O–H groups in total. The second kappa shape index (κ2) is 14.1. The number of carbonyl (C=O) groups excluding carboxylic acids is 1. The number of hydrogen-bond donors (Lipinski definition) is 3. The Morgan fingerprint density at radius 3 is 2.15 bits per heavy atom. The highest BCUT2D eigenvalue weighted by Crippen LogP contribution is 2.39. The average Bonchev–Trinajstić information content (AvgIpc) is 3.05. The van der Waals surface area contributed by atoms with Crippen molar-refractivity contribution in [3.63, 3.8) is 0 Å². The SMILES string of the molecule is COc1ccc(Nc2nccc(Oc3ccc(NC(=O)Nc4cc(C(C)(C)C)cc(P(C)C)c4OC)c4ccccc34)n2)cc1OC. The van der Waals surface area contributed by atoms with E-state index in [1.807, 2.05) is 48.5 Å². The summed E-state index contributed by atoms with van der Waals surface area (Å²) in [7, 11) is 4.33. The van der Waals surface area contributed by atoms with Gasteiger partial charge in [0.15, 0.2) is 11.5 Å². The number of nitrogens with zero attached hydrogens (tertiary/aromatic N) is 2. The average molecular weight is 654 g/mol. The van der Waals surface area contributed by atoms with Gasteiger partial charge in [0, 0.05) is 40.1 Å². The molecule has 11 heteroatoms. The number of fused-ring (bicyclic) bond motifs is 1. The number of carbonyl (C=O) groups is 1. The molecule has 4 aromatic carbocycles. The van der Waals surface area contributed by atoms with Crippen molar-refractivity contribution >= 4 is 53.0 Å². The molecule has 0 saturated carbocycles. The Bertz CT molecular complexity index is 1910. The van der Waals surface area contributed by atoms with Crippen LogP contribution in [0.15, 0.2) is 79.0 Å². The fourth-order valence-corrected chi connectivity index (χ4v) is 6.06. The number of urea groups is 1. The standard InChI is InChI=1S/C36H40N5O5P/c1-36(2,3)22-19-27(33(45-6)31(20-22)47(7)8)40-35(42)39-26-14-16-28(25-12-10-9-11-24(25)26)46-32-17-18-37-34(41-32)38-23-13-15-29(43-4)30(21-23)44-5/h9-21H,1-8H3,(H,37,38,41)(H2,39,40,42). The number of ether oxygens (including phenoxy) is 4. The van der Waals surface area contributed by atoms with Crippen LogP contribution in [0.1, 0.15) is 26.3 Å². The van der Waals surface area contributed by atoms with Crippen LogP contribution in [0, 0.1) is 0 Å². The van der Waals surface area contributed by atoms with Crippen molar-refractivity contribution in [1.29, 1.82) is 0 Å². The zero-order valence-electron chi connectivity index (χ0n) is 27.9. The third-order valence-corrected chi connectivity index (χ3v) is 8.78. The first-order valence-corrected chi connectivity index (χ1v) is 17.2. The fraction of sp³-hybridized carbons (Fsp3) is 0.250. The molecule has 0 aliphatic carbocycles. The number of methoxy groups -OCH3 is 3. The Balaban J connectivity index is 1.38. The molecule has 0 radical (unpaired) electrons. The van der Waals surface area contributed by atoms with Gasteiger partial charge in [-0.05, 0) is 60.7 Å². The molecule has 0 fully saturated rings. The van der Waals surface area contributed by atoms with Gasteiger partial charge in [-0.2, -0.15) is 4.98 Å². The molecule has 0 spiro atoms. The molecule has 47 heavy (non-hydrogen) atoms. The van der Waals surface area contributed by atoms with Crippen molar-refractivity contribution in [1.82, 2.24) is 9.97 Å². The number of benzene rings is 4. The molecule has 0 unspecified atom stereocenters. The topological polar surface area (TPSA) is 116 Å². The molecule has 2 amide bonds. The van der Waals surface area contributed by atoms with Gasteiger partial charge in [0.25, 0.3) is 0 Å². The molecular formula is C36H40N5O5P. The van der Waals surface area contributed by atoms with Gasteiger partial charge in [-0.15, -0.1) is 0 Å². The molecule has 244 valence electrons. The highest BCUT2D eigenvalue weighted by Gasteiger charge is 2.22. The summed E-state index contributed by atoms with van der Waals surface area (Å²) in [6.45, 7) is 10.8. The van der Waals surface area contributed by atoms with Gasteiger partial charge < -0.3 is 34.9 Å². The van der Waals surface area contributed by atoms with Crippen LogP contribution in [-0.4, -0.2) is 50.7 Å². The van der Waals surface area contributed by atoms with Crippen LogP contribution >= 0.6 is 7.92 Å².